The summed E-state index contributed by atoms with van der Waals surface area (Å²) in [7, 11) is 0. The third-order valence-electron chi connectivity index (χ3n) is 6.61. The monoisotopic (exact) mass is 498 g/mol. The van der Waals surface area contributed by atoms with Crippen molar-refractivity contribution in [1.29, 1.82) is 0 Å². The number of para-hydroxylation sites is 3. The first-order valence-corrected chi connectivity index (χ1v) is 12.1. The highest BCUT2D eigenvalue weighted by molar-refractivity contribution is 9.10. The highest BCUT2D eigenvalue weighted by Gasteiger charge is 2.17. The number of hydrogen-bond acceptors (Lipinski definition) is 1. The Morgan fingerprint density at radius 2 is 1.29 bits per heavy atom. The van der Waals surface area contributed by atoms with Crippen molar-refractivity contribution in [1.82, 2.24) is 9.55 Å². The zero-order valence-corrected chi connectivity index (χ0v) is 19.8. The van der Waals surface area contributed by atoms with Crippen LogP contribution in [-0.4, -0.2) is 9.55 Å². The molecule has 0 saturated heterocycles. The maximum absolute atomic E-state index is 5.15. The van der Waals surface area contributed by atoms with E-state index in [1.165, 1.54) is 32.6 Å². The number of hydrogen-bond donors (Lipinski definition) is 0. The maximum Gasteiger partial charge on any atom is 0.0789 e. The highest BCUT2D eigenvalue weighted by atomic mass is 79.9. The summed E-state index contributed by atoms with van der Waals surface area (Å²) in [6.45, 7) is 0. The van der Waals surface area contributed by atoms with Crippen molar-refractivity contribution in [3.8, 4) is 16.9 Å². The van der Waals surface area contributed by atoms with E-state index in [0.29, 0.717) is 0 Å². The third-order valence-corrected chi connectivity index (χ3v) is 7.10. The van der Waals surface area contributed by atoms with Crippen molar-refractivity contribution in [2.75, 3.05) is 0 Å². The predicted molar refractivity (Wildman–Crippen MR) is 147 cm³/mol. The fourth-order valence-corrected chi connectivity index (χ4v) is 5.52. The first-order chi connectivity index (χ1) is 16.8. The van der Waals surface area contributed by atoms with Crippen molar-refractivity contribution < 1.29 is 0 Å². The molecule has 0 atom stereocenters. The third kappa shape index (κ3) is 2.91. The second kappa shape index (κ2) is 7.54. The van der Waals surface area contributed by atoms with Crippen molar-refractivity contribution in [3.05, 3.63) is 120 Å². The molecule has 0 radical (unpaired) electrons. The molecule has 0 saturated carbocycles. The Kier molecular flexibility index (Phi) is 4.33. The van der Waals surface area contributed by atoms with Gasteiger partial charge < -0.3 is 4.57 Å². The van der Waals surface area contributed by atoms with Gasteiger partial charge in [-0.1, -0.05) is 82.7 Å². The normalized spacial score (nSPS) is 11.7. The second-order valence-corrected chi connectivity index (χ2v) is 9.51. The molecular weight excluding hydrogens is 480 g/mol. The van der Waals surface area contributed by atoms with E-state index in [1.54, 1.807) is 0 Å². The molecule has 0 fully saturated rings. The number of benzene rings is 5. The van der Waals surface area contributed by atoms with E-state index in [1.807, 2.05) is 0 Å². The van der Waals surface area contributed by atoms with Crippen LogP contribution in [0.1, 0.15) is 0 Å². The molecule has 160 valence electrons. The van der Waals surface area contributed by atoms with E-state index in [4.69, 9.17) is 4.98 Å². The molecule has 34 heavy (non-hydrogen) atoms. The SMILES string of the molecule is Brc1cccc(-c2nc3ccccc3c3cc4c5ccccc5n(-c5ccccc5)c4cc23)c1. The lowest BCUT2D eigenvalue weighted by molar-refractivity contribution is 1.18. The molecule has 0 spiro atoms. The molecule has 7 rings (SSSR count). The van der Waals surface area contributed by atoms with Gasteiger partial charge in [-0.15, -0.1) is 0 Å². The molecule has 0 unspecified atom stereocenters. The molecule has 2 aromatic heterocycles. The summed E-state index contributed by atoms with van der Waals surface area (Å²) in [4.78, 5) is 5.15. The first-order valence-electron chi connectivity index (χ1n) is 11.3. The lowest BCUT2D eigenvalue weighted by atomic mass is 9.98. The standard InChI is InChI=1S/C31H19BrN2/c32-21-10-8-9-20(17-21)31-27-19-30-26(18-25(27)23-13-4-6-15-28(23)33-31)24-14-5-7-16-29(24)34(30)22-11-2-1-3-12-22/h1-19H. The quantitative estimate of drug-likeness (QED) is 0.217. The number of halogens is 1. The summed E-state index contributed by atoms with van der Waals surface area (Å²) in [6.07, 6.45) is 0. The number of pyridine rings is 1. The van der Waals surface area contributed by atoms with E-state index >= 15 is 0 Å². The summed E-state index contributed by atoms with van der Waals surface area (Å²) in [5, 5.41) is 6.07. The van der Waals surface area contributed by atoms with Gasteiger partial charge in [0.15, 0.2) is 0 Å². The molecule has 0 aliphatic carbocycles. The molecule has 2 nitrogen and oxygen atoms in total. The first kappa shape index (κ1) is 19.5. The average Bonchev–Trinajstić information content (AvgIpc) is 3.21. The van der Waals surface area contributed by atoms with Gasteiger partial charge in [-0.05, 0) is 53.9 Å². The van der Waals surface area contributed by atoms with Gasteiger partial charge in [0.1, 0.15) is 0 Å². The maximum atomic E-state index is 5.15. The van der Waals surface area contributed by atoms with Crippen molar-refractivity contribution in [2.45, 2.75) is 0 Å². The van der Waals surface area contributed by atoms with Gasteiger partial charge in [0.2, 0.25) is 0 Å². The molecule has 0 bridgehead atoms. The zero-order valence-electron chi connectivity index (χ0n) is 18.2. The Labute approximate surface area is 205 Å². The van der Waals surface area contributed by atoms with Gasteiger partial charge in [-0.25, -0.2) is 4.98 Å². The molecular formula is C31H19BrN2. The van der Waals surface area contributed by atoms with E-state index in [2.05, 4.69) is 136 Å². The summed E-state index contributed by atoms with van der Waals surface area (Å²) in [5.41, 5.74) is 6.67. The highest BCUT2D eigenvalue weighted by Crippen LogP contribution is 2.39. The van der Waals surface area contributed by atoms with Crippen LogP contribution in [0.3, 0.4) is 0 Å². The van der Waals surface area contributed by atoms with Crippen LogP contribution in [0.15, 0.2) is 120 Å². The molecule has 5 aromatic carbocycles. The fourth-order valence-electron chi connectivity index (χ4n) is 5.12. The van der Waals surface area contributed by atoms with Gasteiger partial charge in [-0.3, -0.25) is 0 Å². The molecule has 7 aromatic rings. The molecule has 0 aliphatic heterocycles. The number of rotatable bonds is 2. The fraction of sp³-hybridized carbons (Fsp3) is 0. The summed E-state index contributed by atoms with van der Waals surface area (Å²) in [5.74, 6) is 0. The lowest BCUT2D eigenvalue weighted by Gasteiger charge is -2.12. The Bertz CT molecular complexity index is 1870. The molecule has 0 amide bonds. The van der Waals surface area contributed by atoms with Crippen molar-refractivity contribution >= 4 is 59.4 Å². The Hall–Kier alpha value is -3.95. The smallest absolute Gasteiger partial charge is 0.0789 e. The largest absolute Gasteiger partial charge is 0.309 e. The van der Waals surface area contributed by atoms with Crippen LogP contribution >= 0.6 is 15.9 Å². The predicted octanol–water partition coefficient (Wildman–Crippen LogP) is 8.91. The summed E-state index contributed by atoms with van der Waals surface area (Å²) in [6, 6.07) is 40.8. The van der Waals surface area contributed by atoms with Crippen LogP contribution in [0, 0.1) is 0 Å². The van der Waals surface area contributed by atoms with E-state index < -0.39 is 0 Å². The second-order valence-electron chi connectivity index (χ2n) is 8.59. The Morgan fingerprint density at radius 1 is 0.529 bits per heavy atom. The van der Waals surface area contributed by atoms with Crippen LogP contribution in [0.2, 0.25) is 0 Å². The van der Waals surface area contributed by atoms with Crippen LogP contribution in [0.25, 0.3) is 60.4 Å². The lowest BCUT2D eigenvalue weighted by Crippen LogP contribution is -1.94. The molecule has 0 aliphatic rings. The van der Waals surface area contributed by atoms with Gasteiger partial charge >= 0.3 is 0 Å². The van der Waals surface area contributed by atoms with Gasteiger partial charge in [0, 0.05) is 37.3 Å². The minimum Gasteiger partial charge on any atom is -0.309 e. The zero-order chi connectivity index (χ0) is 22.6. The number of nitrogens with zero attached hydrogens (tertiary/aromatic N) is 2. The summed E-state index contributed by atoms with van der Waals surface area (Å²) < 4.78 is 3.41. The van der Waals surface area contributed by atoms with Crippen LogP contribution < -0.4 is 0 Å². The number of aromatic nitrogens is 2. The van der Waals surface area contributed by atoms with Crippen LogP contribution in [-0.2, 0) is 0 Å². The van der Waals surface area contributed by atoms with E-state index in [0.717, 1.165) is 32.3 Å². The Morgan fingerprint density at radius 3 is 2.15 bits per heavy atom. The van der Waals surface area contributed by atoms with Gasteiger partial charge in [-0.2, -0.15) is 0 Å². The minimum atomic E-state index is 1.00. The summed E-state index contributed by atoms with van der Waals surface area (Å²) >= 11 is 3.65. The molecule has 0 N–H and O–H groups in total. The van der Waals surface area contributed by atoms with Crippen molar-refractivity contribution in [2.24, 2.45) is 0 Å². The minimum absolute atomic E-state index is 1.00. The average molecular weight is 499 g/mol. The van der Waals surface area contributed by atoms with E-state index in [9.17, 15) is 0 Å². The number of fused-ring (bicyclic) bond motifs is 6. The van der Waals surface area contributed by atoms with Crippen LogP contribution in [0.5, 0.6) is 0 Å². The molecule has 2 heterocycles. The van der Waals surface area contributed by atoms with Crippen molar-refractivity contribution in [3.63, 3.8) is 0 Å². The van der Waals surface area contributed by atoms with Gasteiger partial charge in [0.05, 0.1) is 22.2 Å². The molecule has 3 heteroatoms. The van der Waals surface area contributed by atoms with Crippen LogP contribution in [0.4, 0.5) is 0 Å². The topological polar surface area (TPSA) is 17.8 Å². The Balaban J connectivity index is 1.71. The van der Waals surface area contributed by atoms with Gasteiger partial charge in [0.25, 0.3) is 0 Å². The van der Waals surface area contributed by atoms with E-state index in [-0.39, 0.29) is 0 Å².